The van der Waals surface area contributed by atoms with Gasteiger partial charge in [0, 0.05) is 5.56 Å². The Labute approximate surface area is 85.4 Å². The molecule has 0 aliphatic carbocycles. The zero-order valence-corrected chi connectivity index (χ0v) is 7.77. The molecule has 0 radical (unpaired) electrons. The maximum absolute atomic E-state index is 12.7. The number of carbonyl (C=O) groups is 1. The first-order valence-corrected chi connectivity index (χ1v) is 4.13. The Balaban J connectivity index is 2.62. The summed E-state index contributed by atoms with van der Waals surface area (Å²) in [4.78, 5) is 11.3. The number of oxime groups is 1. The van der Waals surface area contributed by atoms with Crippen LogP contribution in [0.5, 0.6) is 0 Å². The van der Waals surface area contributed by atoms with Gasteiger partial charge in [0.15, 0.2) is 5.84 Å². The number of halogens is 1. The van der Waals surface area contributed by atoms with Crippen molar-refractivity contribution in [2.75, 3.05) is 6.54 Å². The first-order valence-electron chi connectivity index (χ1n) is 4.13. The van der Waals surface area contributed by atoms with Crippen LogP contribution in [-0.4, -0.2) is 23.5 Å². The van der Waals surface area contributed by atoms with E-state index in [0.717, 1.165) is 6.07 Å². The molecular weight excluding hydrogens is 201 g/mol. The van der Waals surface area contributed by atoms with Crippen molar-refractivity contribution < 1.29 is 14.4 Å². The van der Waals surface area contributed by atoms with Gasteiger partial charge in [-0.25, -0.2) is 4.39 Å². The minimum Gasteiger partial charge on any atom is -0.409 e. The SMILES string of the molecule is N/C(CNC(=O)c1cccc(F)c1)=N\O. The van der Waals surface area contributed by atoms with Crippen molar-refractivity contribution in [1.82, 2.24) is 5.32 Å². The van der Waals surface area contributed by atoms with Crippen molar-refractivity contribution >= 4 is 11.7 Å². The molecule has 1 amide bonds. The van der Waals surface area contributed by atoms with Crippen LogP contribution in [0.25, 0.3) is 0 Å². The highest BCUT2D eigenvalue weighted by Crippen LogP contribution is 2.02. The summed E-state index contributed by atoms with van der Waals surface area (Å²) in [6.07, 6.45) is 0. The number of nitrogens with zero attached hydrogens (tertiary/aromatic N) is 1. The summed E-state index contributed by atoms with van der Waals surface area (Å²) in [5, 5.41) is 13.2. The average molecular weight is 211 g/mol. The number of hydrogen-bond donors (Lipinski definition) is 3. The summed E-state index contributed by atoms with van der Waals surface area (Å²) in [6, 6.07) is 5.22. The van der Waals surface area contributed by atoms with Gasteiger partial charge in [-0.3, -0.25) is 4.79 Å². The molecule has 0 saturated heterocycles. The second-order valence-corrected chi connectivity index (χ2v) is 2.78. The molecule has 0 aliphatic rings. The Morgan fingerprint density at radius 1 is 1.60 bits per heavy atom. The van der Waals surface area contributed by atoms with Crippen molar-refractivity contribution in [1.29, 1.82) is 0 Å². The Morgan fingerprint density at radius 3 is 2.93 bits per heavy atom. The highest BCUT2D eigenvalue weighted by atomic mass is 19.1. The molecule has 0 spiro atoms. The summed E-state index contributed by atoms with van der Waals surface area (Å²) in [5.74, 6) is -1.10. The lowest BCUT2D eigenvalue weighted by Gasteiger charge is -2.03. The summed E-state index contributed by atoms with van der Waals surface area (Å²) in [7, 11) is 0. The second kappa shape index (κ2) is 4.94. The van der Waals surface area contributed by atoms with E-state index < -0.39 is 11.7 Å². The van der Waals surface area contributed by atoms with E-state index in [1.165, 1.54) is 18.2 Å². The summed E-state index contributed by atoms with van der Waals surface area (Å²) >= 11 is 0. The average Bonchev–Trinajstić information content (AvgIpc) is 2.25. The first kappa shape index (κ1) is 11.0. The van der Waals surface area contributed by atoms with Gasteiger partial charge in [0.2, 0.25) is 0 Å². The van der Waals surface area contributed by atoms with Gasteiger partial charge in [-0.05, 0) is 18.2 Å². The predicted molar refractivity (Wildman–Crippen MR) is 52.1 cm³/mol. The highest BCUT2D eigenvalue weighted by Gasteiger charge is 2.06. The molecule has 0 aliphatic heterocycles. The quantitative estimate of drug-likeness (QED) is 0.291. The van der Waals surface area contributed by atoms with Crippen molar-refractivity contribution in [2.45, 2.75) is 0 Å². The van der Waals surface area contributed by atoms with E-state index >= 15 is 0 Å². The monoisotopic (exact) mass is 211 g/mol. The van der Waals surface area contributed by atoms with Crippen LogP contribution >= 0.6 is 0 Å². The van der Waals surface area contributed by atoms with Crippen LogP contribution in [0.15, 0.2) is 29.4 Å². The van der Waals surface area contributed by atoms with Crippen LogP contribution in [0.1, 0.15) is 10.4 Å². The van der Waals surface area contributed by atoms with Gasteiger partial charge in [-0.1, -0.05) is 11.2 Å². The Bertz CT molecular complexity index is 393. The molecule has 5 nitrogen and oxygen atoms in total. The molecule has 15 heavy (non-hydrogen) atoms. The van der Waals surface area contributed by atoms with Crippen LogP contribution < -0.4 is 11.1 Å². The van der Waals surface area contributed by atoms with E-state index in [9.17, 15) is 9.18 Å². The van der Waals surface area contributed by atoms with Crippen molar-refractivity contribution in [2.24, 2.45) is 10.9 Å². The summed E-state index contributed by atoms with van der Waals surface area (Å²) in [5.41, 5.74) is 5.32. The normalized spacial score (nSPS) is 11.1. The standard InChI is InChI=1S/C9H10FN3O2/c10-7-3-1-2-6(4-7)9(14)12-5-8(11)13-15/h1-4,15H,5H2,(H2,11,13)(H,12,14). The van der Waals surface area contributed by atoms with E-state index in [2.05, 4.69) is 10.5 Å². The molecule has 80 valence electrons. The Kier molecular flexibility index (Phi) is 3.61. The van der Waals surface area contributed by atoms with Gasteiger partial charge in [-0.2, -0.15) is 0 Å². The van der Waals surface area contributed by atoms with Crippen molar-refractivity contribution in [3.05, 3.63) is 35.6 Å². The smallest absolute Gasteiger partial charge is 0.251 e. The molecular formula is C9H10FN3O2. The van der Waals surface area contributed by atoms with E-state index in [4.69, 9.17) is 10.9 Å². The van der Waals surface area contributed by atoms with E-state index in [1.807, 2.05) is 0 Å². The number of benzene rings is 1. The Hall–Kier alpha value is -2.11. The summed E-state index contributed by atoms with van der Waals surface area (Å²) < 4.78 is 12.7. The molecule has 0 heterocycles. The molecule has 6 heteroatoms. The molecule has 0 fully saturated rings. The third kappa shape index (κ3) is 3.26. The van der Waals surface area contributed by atoms with Gasteiger partial charge < -0.3 is 16.3 Å². The van der Waals surface area contributed by atoms with Crippen LogP contribution in [0, 0.1) is 5.82 Å². The number of amides is 1. The molecule has 0 bridgehead atoms. The fourth-order valence-electron chi connectivity index (χ4n) is 0.938. The number of nitrogens with one attached hydrogen (secondary N) is 1. The third-order valence-corrected chi connectivity index (χ3v) is 1.65. The molecule has 0 atom stereocenters. The van der Waals surface area contributed by atoms with Gasteiger partial charge in [-0.15, -0.1) is 0 Å². The topological polar surface area (TPSA) is 87.7 Å². The molecule has 1 aromatic carbocycles. The van der Waals surface area contributed by atoms with Gasteiger partial charge in [0.05, 0.1) is 6.54 Å². The lowest BCUT2D eigenvalue weighted by molar-refractivity contribution is 0.0958. The van der Waals surface area contributed by atoms with Gasteiger partial charge in [0.25, 0.3) is 5.91 Å². The van der Waals surface area contributed by atoms with E-state index in [-0.39, 0.29) is 17.9 Å². The molecule has 0 unspecified atom stereocenters. The number of amidine groups is 1. The van der Waals surface area contributed by atoms with Crippen LogP contribution in [0.4, 0.5) is 4.39 Å². The van der Waals surface area contributed by atoms with Crippen LogP contribution in [0.2, 0.25) is 0 Å². The zero-order valence-electron chi connectivity index (χ0n) is 7.77. The highest BCUT2D eigenvalue weighted by molar-refractivity contribution is 5.96. The van der Waals surface area contributed by atoms with Gasteiger partial charge >= 0.3 is 0 Å². The minimum absolute atomic E-state index is 0.0914. The molecule has 1 aromatic rings. The lowest BCUT2D eigenvalue weighted by Crippen LogP contribution is -2.33. The van der Waals surface area contributed by atoms with E-state index in [0.29, 0.717) is 0 Å². The number of hydrogen-bond acceptors (Lipinski definition) is 3. The van der Waals surface area contributed by atoms with Crippen molar-refractivity contribution in [3.8, 4) is 0 Å². The predicted octanol–water partition coefficient (Wildman–Crippen LogP) is 0.302. The first-order chi connectivity index (χ1) is 7.13. The van der Waals surface area contributed by atoms with Crippen LogP contribution in [-0.2, 0) is 0 Å². The number of rotatable bonds is 3. The fourth-order valence-corrected chi connectivity index (χ4v) is 0.938. The van der Waals surface area contributed by atoms with Crippen LogP contribution in [0.3, 0.4) is 0 Å². The fraction of sp³-hybridized carbons (Fsp3) is 0.111. The third-order valence-electron chi connectivity index (χ3n) is 1.65. The van der Waals surface area contributed by atoms with Gasteiger partial charge in [0.1, 0.15) is 5.82 Å². The maximum Gasteiger partial charge on any atom is 0.251 e. The minimum atomic E-state index is -0.494. The summed E-state index contributed by atoms with van der Waals surface area (Å²) in [6.45, 7) is -0.0914. The molecule has 0 aromatic heterocycles. The number of nitrogens with two attached hydrogens (primary N) is 1. The molecule has 0 saturated carbocycles. The Morgan fingerprint density at radius 2 is 2.33 bits per heavy atom. The van der Waals surface area contributed by atoms with Crippen molar-refractivity contribution in [3.63, 3.8) is 0 Å². The largest absolute Gasteiger partial charge is 0.409 e. The molecule has 1 rings (SSSR count). The second-order valence-electron chi connectivity index (χ2n) is 2.78. The lowest BCUT2D eigenvalue weighted by atomic mass is 10.2. The zero-order chi connectivity index (χ0) is 11.3. The molecule has 4 N–H and O–H groups in total. The number of carbonyl (C=O) groups excluding carboxylic acids is 1. The van der Waals surface area contributed by atoms with E-state index in [1.54, 1.807) is 0 Å². The maximum atomic E-state index is 12.7.